The van der Waals surface area contributed by atoms with E-state index < -0.39 is 11.6 Å². The fraction of sp³-hybridized carbons (Fsp3) is 0.778. The van der Waals surface area contributed by atoms with Crippen LogP contribution in [-0.2, 0) is 9.59 Å². The average molecular weight is 231 g/mol. The van der Waals surface area contributed by atoms with Crippen LogP contribution in [0.3, 0.4) is 0 Å². The summed E-state index contributed by atoms with van der Waals surface area (Å²) in [6.07, 6.45) is 0. The number of carbonyl (C=O) groups excluding carboxylic acids is 2. The molecule has 16 heavy (non-hydrogen) atoms. The second kappa shape index (κ2) is 5.24. The lowest BCUT2D eigenvalue weighted by atomic mass is 10.0. The highest BCUT2D eigenvalue weighted by atomic mass is 16.3. The maximum Gasteiger partial charge on any atom is 0.239 e. The normalized spacial score (nSPS) is 21.4. The standard InChI is InChI=1S/C9H17N3O4/c1-9(4-13,5-14)12-8(16)6-2-11-7(15)3-10-6/h6,10,13-14H,2-5H2,1H3,(H,11,15)(H,12,16). The number of aliphatic hydroxyl groups is 2. The summed E-state index contributed by atoms with van der Waals surface area (Å²) in [6.45, 7) is 1.12. The molecule has 92 valence electrons. The van der Waals surface area contributed by atoms with E-state index in [4.69, 9.17) is 10.2 Å². The zero-order valence-corrected chi connectivity index (χ0v) is 9.12. The molecule has 5 N–H and O–H groups in total. The van der Waals surface area contributed by atoms with E-state index >= 15 is 0 Å². The zero-order chi connectivity index (χ0) is 12.2. The van der Waals surface area contributed by atoms with Crippen molar-refractivity contribution in [3.05, 3.63) is 0 Å². The third-order valence-electron chi connectivity index (χ3n) is 2.45. The number of aliphatic hydroxyl groups excluding tert-OH is 2. The van der Waals surface area contributed by atoms with Gasteiger partial charge in [0.25, 0.3) is 0 Å². The predicted molar refractivity (Wildman–Crippen MR) is 55.5 cm³/mol. The van der Waals surface area contributed by atoms with E-state index in [2.05, 4.69) is 16.0 Å². The molecule has 1 aliphatic rings. The Bertz CT molecular complexity index is 268. The topological polar surface area (TPSA) is 111 Å². The lowest BCUT2D eigenvalue weighted by Gasteiger charge is -2.30. The van der Waals surface area contributed by atoms with Crippen molar-refractivity contribution in [1.82, 2.24) is 16.0 Å². The van der Waals surface area contributed by atoms with Crippen LogP contribution in [0.2, 0.25) is 0 Å². The van der Waals surface area contributed by atoms with Gasteiger partial charge in [0.05, 0.1) is 25.3 Å². The van der Waals surface area contributed by atoms with Crippen LogP contribution in [0.5, 0.6) is 0 Å². The number of hydrogen-bond donors (Lipinski definition) is 5. The lowest BCUT2D eigenvalue weighted by Crippen LogP contribution is -2.62. The number of amides is 2. The van der Waals surface area contributed by atoms with Crippen LogP contribution >= 0.6 is 0 Å². The maximum absolute atomic E-state index is 11.7. The summed E-state index contributed by atoms with van der Waals surface area (Å²) in [6, 6.07) is -0.532. The Labute approximate surface area is 93.2 Å². The quantitative estimate of drug-likeness (QED) is 0.353. The molecule has 1 rings (SSSR count). The van der Waals surface area contributed by atoms with Crippen LogP contribution in [-0.4, -0.2) is 59.9 Å². The second-order valence-corrected chi connectivity index (χ2v) is 4.10. The summed E-state index contributed by atoms with van der Waals surface area (Å²) in [7, 11) is 0. The molecule has 0 aliphatic carbocycles. The van der Waals surface area contributed by atoms with E-state index in [0.29, 0.717) is 0 Å². The van der Waals surface area contributed by atoms with Gasteiger partial charge in [-0.25, -0.2) is 0 Å². The first-order valence-electron chi connectivity index (χ1n) is 5.04. The van der Waals surface area contributed by atoms with Gasteiger partial charge in [-0.15, -0.1) is 0 Å². The number of hydrogen-bond acceptors (Lipinski definition) is 5. The van der Waals surface area contributed by atoms with E-state index in [9.17, 15) is 9.59 Å². The van der Waals surface area contributed by atoms with Crippen LogP contribution in [0.25, 0.3) is 0 Å². The molecule has 0 aromatic carbocycles. The Balaban J connectivity index is 2.49. The molecule has 2 amide bonds. The van der Waals surface area contributed by atoms with Crippen molar-refractivity contribution in [2.45, 2.75) is 18.5 Å². The number of piperazine rings is 1. The fourth-order valence-electron chi connectivity index (χ4n) is 1.27. The Morgan fingerprint density at radius 2 is 2.19 bits per heavy atom. The molecule has 0 saturated carbocycles. The molecule has 7 nitrogen and oxygen atoms in total. The van der Waals surface area contributed by atoms with E-state index in [1.165, 1.54) is 6.92 Å². The molecule has 1 heterocycles. The second-order valence-electron chi connectivity index (χ2n) is 4.10. The largest absolute Gasteiger partial charge is 0.394 e. The molecule has 1 fully saturated rings. The number of nitrogens with one attached hydrogen (secondary N) is 3. The van der Waals surface area contributed by atoms with Gasteiger partial charge in [-0.05, 0) is 6.92 Å². The van der Waals surface area contributed by atoms with E-state index in [-0.39, 0.29) is 38.1 Å². The van der Waals surface area contributed by atoms with Gasteiger partial charge in [-0.1, -0.05) is 0 Å². The number of carbonyl (C=O) groups is 2. The van der Waals surface area contributed by atoms with Crippen LogP contribution in [0.15, 0.2) is 0 Å². The summed E-state index contributed by atoms with van der Waals surface area (Å²) < 4.78 is 0. The molecule has 1 saturated heterocycles. The monoisotopic (exact) mass is 231 g/mol. The molecule has 1 atom stereocenters. The molecule has 0 radical (unpaired) electrons. The summed E-state index contributed by atoms with van der Waals surface area (Å²) in [4.78, 5) is 22.5. The van der Waals surface area contributed by atoms with Gasteiger partial charge in [0.1, 0.15) is 6.04 Å². The summed E-state index contributed by atoms with van der Waals surface area (Å²) in [5, 5.41) is 25.8. The van der Waals surface area contributed by atoms with Crippen molar-refractivity contribution in [2.24, 2.45) is 0 Å². The van der Waals surface area contributed by atoms with Gasteiger partial charge in [0.15, 0.2) is 0 Å². The fourth-order valence-corrected chi connectivity index (χ4v) is 1.27. The summed E-state index contributed by atoms with van der Waals surface area (Å²) >= 11 is 0. The molecule has 0 bridgehead atoms. The van der Waals surface area contributed by atoms with Crippen molar-refractivity contribution >= 4 is 11.8 Å². The van der Waals surface area contributed by atoms with Gasteiger partial charge in [0, 0.05) is 6.54 Å². The Hall–Kier alpha value is -1.18. The molecule has 0 aromatic rings. The van der Waals surface area contributed by atoms with Crippen LogP contribution < -0.4 is 16.0 Å². The summed E-state index contributed by atoms with van der Waals surface area (Å²) in [5.74, 6) is -0.512. The van der Waals surface area contributed by atoms with Crippen molar-refractivity contribution < 1.29 is 19.8 Å². The van der Waals surface area contributed by atoms with Gasteiger partial charge < -0.3 is 20.8 Å². The average Bonchev–Trinajstić information content (AvgIpc) is 2.29. The highest BCUT2D eigenvalue weighted by Crippen LogP contribution is 2.01. The van der Waals surface area contributed by atoms with Gasteiger partial charge in [-0.2, -0.15) is 0 Å². The Kier molecular flexibility index (Phi) is 4.22. The Morgan fingerprint density at radius 1 is 1.56 bits per heavy atom. The van der Waals surface area contributed by atoms with E-state index in [1.54, 1.807) is 0 Å². The SMILES string of the molecule is CC(CO)(CO)NC(=O)C1CNC(=O)CN1. The van der Waals surface area contributed by atoms with Gasteiger partial charge >= 0.3 is 0 Å². The third-order valence-corrected chi connectivity index (χ3v) is 2.45. The smallest absolute Gasteiger partial charge is 0.239 e. The zero-order valence-electron chi connectivity index (χ0n) is 9.12. The van der Waals surface area contributed by atoms with Crippen molar-refractivity contribution in [2.75, 3.05) is 26.3 Å². The van der Waals surface area contributed by atoms with Gasteiger partial charge in [-0.3, -0.25) is 14.9 Å². The number of rotatable bonds is 4. The van der Waals surface area contributed by atoms with Crippen molar-refractivity contribution in [3.63, 3.8) is 0 Å². The van der Waals surface area contributed by atoms with Crippen molar-refractivity contribution in [3.8, 4) is 0 Å². The lowest BCUT2D eigenvalue weighted by molar-refractivity contribution is -0.128. The van der Waals surface area contributed by atoms with E-state index in [0.717, 1.165) is 0 Å². The molecule has 0 spiro atoms. The predicted octanol–water partition coefficient (Wildman–Crippen LogP) is -3.07. The molecule has 0 aromatic heterocycles. The Morgan fingerprint density at radius 3 is 2.62 bits per heavy atom. The van der Waals surface area contributed by atoms with Gasteiger partial charge in [0.2, 0.25) is 11.8 Å². The summed E-state index contributed by atoms with van der Waals surface area (Å²) in [5.41, 5.74) is -1.04. The molecular formula is C9H17N3O4. The van der Waals surface area contributed by atoms with Crippen LogP contribution in [0, 0.1) is 0 Å². The molecular weight excluding hydrogens is 214 g/mol. The third kappa shape index (κ3) is 3.16. The minimum absolute atomic E-state index is 0.0903. The minimum atomic E-state index is -1.04. The first kappa shape index (κ1) is 12.9. The van der Waals surface area contributed by atoms with E-state index in [1.807, 2.05) is 0 Å². The molecule has 1 unspecified atom stereocenters. The molecule has 1 aliphatic heterocycles. The maximum atomic E-state index is 11.7. The highest BCUT2D eigenvalue weighted by Gasteiger charge is 2.30. The van der Waals surface area contributed by atoms with Crippen LogP contribution in [0.1, 0.15) is 6.92 Å². The van der Waals surface area contributed by atoms with Crippen LogP contribution in [0.4, 0.5) is 0 Å². The minimum Gasteiger partial charge on any atom is -0.394 e. The first-order valence-corrected chi connectivity index (χ1v) is 5.04. The highest BCUT2D eigenvalue weighted by molar-refractivity contribution is 5.87. The first-order chi connectivity index (χ1) is 7.50. The van der Waals surface area contributed by atoms with Crippen molar-refractivity contribution in [1.29, 1.82) is 0 Å². The molecule has 7 heteroatoms.